The van der Waals surface area contributed by atoms with Gasteiger partial charge in [-0.3, -0.25) is 24.0 Å². The molecule has 0 aromatic heterocycles. The number of amides is 2. The number of alkyl halides is 4. The first-order chi connectivity index (χ1) is 42.5. The molecular weight excluding hydrogens is 1190 g/mol. The minimum atomic E-state index is -2.95. The van der Waals surface area contributed by atoms with Crippen LogP contribution in [-0.2, 0) is 41.8 Å². The Morgan fingerprint density at radius 3 is 1.62 bits per heavy atom. The van der Waals surface area contributed by atoms with Crippen LogP contribution in [0.4, 0.5) is 17.6 Å². The quantitative estimate of drug-likeness (QED) is 0.0312. The highest BCUT2D eigenvalue weighted by atomic mass is 19.3. The van der Waals surface area contributed by atoms with E-state index in [-0.39, 0.29) is 100 Å². The molecule has 500 valence electrons. The highest BCUT2D eigenvalue weighted by Gasteiger charge is 2.37. The first kappa shape index (κ1) is 77.9. The summed E-state index contributed by atoms with van der Waals surface area (Å²) in [6, 6.07) is 23.7. The van der Waals surface area contributed by atoms with E-state index in [0.717, 1.165) is 5.56 Å². The van der Waals surface area contributed by atoms with E-state index < -0.39 is 95.1 Å². The highest BCUT2D eigenvalue weighted by molar-refractivity contribution is 6.01. The molecule has 21 heteroatoms. The number of halogens is 4. The number of hydrogen-bond acceptors (Lipinski definition) is 13. The molecule has 17 nitrogen and oxygen atoms in total. The van der Waals surface area contributed by atoms with Crippen LogP contribution in [-0.4, -0.2) is 102 Å². The molecule has 0 saturated heterocycles. The fourth-order valence-electron chi connectivity index (χ4n) is 10.2. The van der Waals surface area contributed by atoms with Gasteiger partial charge in [-0.25, -0.2) is 27.2 Å². The molecule has 2 amide bonds. The molecule has 0 unspecified atom stereocenters. The average Bonchev–Trinajstić information content (AvgIpc) is 0.801. The molecule has 5 aromatic rings. The van der Waals surface area contributed by atoms with Crippen molar-refractivity contribution in [3.8, 4) is 28.7 Å². The number of benzene rings is 5. The van der Waals surface area contributed by atoms with E-state index in [1.165, 1.54) is 48.7 Å². The van der Waals surface area contributed by atoms with Crippen molar-refractivity contribution in [2.24, 2.45) is 29.0 Å². The van der Waals surface area contributed by atoms with Crippen LogP contribution in [0, 0.1) is 30.1 Å². The molecule has 0 radical (unpaired) electrons. The smallest absolute Gasteiger partial charge is 0.336 e. The van der Waals surface area contributed by atoms with E-state index in [9.17, 15) is 56.4 Å². The lowest BCUT2D eigenvalue weighted by Gasteiger charge is -2.32. The van der Waals surface area contributed by atoms with Crippen LogP contribution in [0.1, 0.15) is 203 Å². The lowest BCUT2D eigenvalue weighted by molar-refractivity contribution is -0.142. The minimum Gasteiger partial charge on any atom is -0.492 e. The third kappa shape index (κ3) is 21.4. The monoisotopic (exact) mass is 1280 g/mol. The molecule has 1 aliphatic rings. The SMILES string of the molecule is C.CC(C)(C)c1ccc(C(=O)O)c(C(F)F)c1.C[C@@H]1CC(=O)[C@@H](N(C)C(=O)[C@H](CCN)CC(=O)c2ccc(C(C)(C)C)cc2C(F)F)c2ccc(OCCN)c(c2)-c2cc(ccc2OCCN)C[C@@H](C(=O)CCC#N)NC1=O.Cc1cc(C(C)(C)C)ccc1C(=O)O. The van der Waals surface area contributed by atoms with Crippen LogP contribution < -0.4 is 32.0 Å². The first-order valence-electron chi connectivity index (χ1n) is 30.1. The third-order valence-electron chi connectivity index (χ3n) is 15.5. The number of aromatic carboxylic acids is 2. The molecule has 0 saturated carbocycles. The van der Waals surface area contributed by atoms with Crippen LogP contribution in [0.15, 0.2) is 91.0 Å². The van der Waals surface area contributed by atoms with Gasteiger partial charge < -0.3 is 47.1 Å². The van der Waals surface area contributed by atoms with Gasteiger partial charge in [-0.2, -0.15) is 5.26 Å². The number of nitrogens with zero attached hydrogens (tertiary/aromatic N) is 2. The van der Waals surface area contributed by atoms with Crippen molar-refractivity contribution in [2.75, 3.05) is 39.9 Å². The predicted octanol–water partition coefficient (Wildman–Crippen LogP) is 12.8. The van der Waals surface area contributed by atoms with Crippen LogP contribution in [0.5, 0.6) is 11.5 Å². The molecular formula is C71H92F4N6O11. The summed E-state index contributed by atoms with van der Waals surface area (Å²) in [6.45, 7) is 21.6. The zero-order valence-corrected chi connectivity index (χ0v) is 54.1. The second-order valence-corrected chi connectivity index (χ2v) is 25.7. The third-order valence-corrected chi connectivity index (χ3v) is 15.5. The molecule has 9 N–H and O–H groups in total. The molecule has 92 heavy (non-hydrogen) atoms. The van der Waals surface area contributed by atoms with Crippen molar-refractivity contribution < 1.29 is 70.8 Å². The first-order valence-corrected chi connectivity index (χ1v) is 30.1. The van der Waals surface area contributed by atoms with Gasteiger partial charge in [0.25, 0.3) is 12.9 Å². The number of ether oxygens (including phenoxy) is 2. The number of carbonyl (C=O) groups excluding carboxylic acids is 5. The number of fused-ring (bicyclic) bond motifs is 5. The van der Waals surface area contributed by atoms with Crippen molar-refractivity contribution in [2.45, 2.75) is 163 Å². The number of likely N-dealkylation sites (N-methyl/N-ethyl adjacent to an activating group) is 1. The van der Waals surface area contributed by atoms with Crippen LogP contribution in [0.25, 0.3) is 11.1 Å². The Morgan fingerprint density at radius 2 is 1.15 bits per heavy atom. The van der Waals surface area contributed by atoms with Gasteiger partial charge in [0, 0.05) is 85.5 Å². The summed E-state index contributed by atoms with van der Waals surface area (Å²) in [4.78, 5) is 92.9. The predicted molar refractivity (Wildman–Crippen MR) is 348 cm³/mol. The molecule has 0 fully saturated rings. The number of aryl methyl sites for hydroxylation is 1. The van der Waals surface area contributed by atoms with Crippen molar-refractivity contribution in [3.63, 3.8) is 0 Å². The van der Waals surface area contributed by atoms with E-state index >= 15 is 0 Å². The van der Waals surface area contributed by atoms with Crippen molar-refractivity contribution in [3.05, 3.63) is 152 Å². The number of ketones is 3. The summed E-state index contributed by atoms with van der Waals surface area (Å²) in [6.07, 6.45) is -6.62. The molecule has 6 rings (SSSR count). The van der Waals surface area contributed by atoms with Crippen molar-refractivity contribution >= 4 is 41.1 Å². The molecule has 1 aliphatic heterocycles. The summed E-state index contributed by atoms with van der Waals surface area (Å²) in [5, 5.41) is 29.6. The van der Waals surface area contributed by atoms with Gasteiger partial charge in [-0.05, 0) is 124 Å². The summed E-state index contributed by atoms with van der Waals surface area (Å²) in [7, 11) is 1.41. The topological polar surface area (TPSA) is 296 Å². The second-order valence-electron chi connectivity index (χ2n) is 25.7. The van der Waals surface area contributed by atoms with Crippen LogP contribution in [0.2, 0.25) is 0 Å². The van der Waals surface area contributed by atoms with E-state index in [4.69, 9.17) is 36.9 Å². The van der Waals surface area contributed by atoms with Gasteiger partial charge in [0.05, 0.1) is 23.2 Å². The largest absolute Gasteiger partial charge is 0.492 e. The fourth-order valence-corrected chi connectivity index (χ4v) is 10.2. The Bertz CT molecular complexity index is 3450. The Hall–Kier alpha value is -8.32. The number of carbonyl (C=O) groups is 7. The molecule has 4 bridgehead atoms. The average molecular weight is 1280 g/mol. The van der Waals surface area contributed by atoms with Crippen LogP contribution >= 0.6 is 0 Å². The van der Waals surface area contributed by atoms with E-state index in [2.05, 4.69) is 26.1 Å². The highest BCUT2D eigenvalue weighted by Crippen LogP contribution is 2.42. The fraction of sp³-hybridized carbons (Fsp3) is 0.465. The number of nitrogens with two attached hydrogens (primary N) is 3. The maximum absolute atomic E-state index is 14.6. The van der Waals surface area contributed by atoms with Gasteiger partial charge in [0.2, 0.25) is 11.8 Å². The maximum Gasteiger partial charge on any atom is 0.336 e. The Balaban J connectivity index is 0.000000577. The second kappa shape index (κ2) is 34.4. The summed E-state index contributed by atoms with van der Waals surface area (Å²) >= 11 is 0. The lowest BCUT2D eigenvalue weighted by Crippen LogP contribution is -2.46. The van der Waals surface area contributed by atoms with Gasteiger partial charge >= 0.3 is 11.9 Å². The number of nitriles is 1. The summed E-state index contributed by atoms with van der Waals surface area (Å²) in [5.74, 6) is -6.27. The van der Waals surface area contributed by atoms with Gasteiger partial charge in [0.15, 0.2) is 17.3 Å². The summed E-state index contributed by atoms with van der Waals surface area (Å²) < 4.78 is 66.3. The summed E-state index contributed by atoms with van der Waals surface area (Å²) in [5.41, 5.74) is 21.2. The Kier molecular flexibility index (Phi) is 29.1. The normalized spacial score (nSPS) is 15.4. The van der Waals surface area contributed by atoms with E-state index in [1.807, 2.05) is 66.7 Å². The lowest BCUT2D eigenvalue weighted by atomic mass is 9.83. The molecule has 4 atom stereocenters. The van der Waals surface area contributed by atoms with Gasteiger partial charge in [-0.15, -0.1) is 0 Å². The number of carboxylic acid groups (broad SMARTS) is 2. The maximum atomic E-state index is 14.6. The minimum absolute atomic E-state index is 0. The number of hydrogen-bond donors (Lipinski definition) is 6. The zero-order chi connectivity index (χ0) is 68.5. The standard InChI is InChI=1S/C46H58F2N6O7.C12H14F2O2.C12H16O2.CH4/c1-27-21-39(57)42(54(5)45(59)30(14-16-50)25-38(56)32-11-10-31(46(2,3)4)26-35(32)43(47)48)29-9-13-41(61-20-18-52)34(24-29)33-22-28(8-12-40(33)60-19-17-51)23-36(53-44(27)58)37(55)7-6-15-49;1-12(2,3)7-4-5-8(11(15)16)9(6-7)10(13)14;1-8-7-9(12(2,3)4)5-6-10(8)11(13)14;/h8-13,22,24,26-27,30,36,42-43H,6-7,14,16-21,23,25,50-52H2,1-5H3,(H,53,58);4-6,10H,1-3H3,(H,15,16);5-7H,1-4H3,(H,13,14);1H4/t27-,30-,36+,42+;;;/m1.../s1. The molecule has 1 heterocycles. The number of rotatable bonds is 20. The Morgan fingerprint density at radius 1 is 0.674 bits per heavy atom. The Labute approximate surface area is 538 Å². The van der Waals surface area contributed by atoms with Gasteiger partial charge in [0.1, 0.15) is 30.8 Å². The van der Waals surface area contributed by atoms with Crippen molar-refractivity contribution in [1.29, 1.82) is 5.26 Å². The van der Waals surface area contributed by atoms with E-state index in [0.29, 0.717) is 50.4 Å². The number of carboxylic acids is 2. The zero-order valence-electron chi connectivity index (χ0n) is 54.1. The van der Waals surface area contributed by atoms with E-state index in [1.54, 1.807) is 54.6 Å². The number of Topliss-reactive ketones (excluding diaryl/α,β-unsaturated/α-hetero) is 3. The number of nitrogens with one attached hydrogen (secondary N) is 1. The molecule has 0 aliphatic carbocycles. The van der Waals surface area contributed by atoms with Crippen LogP contribution in [0.3, 0.4) is 0 Å². The van der Waals surface area contributed by atoms with Gasteiger partial charge in [-0.1, -0.05) is 119 Å². The molecule has 0 spiro atoms. The van der Waals surface area contributed by atoms with Crippen molar-refractivity contribution in [1.82, 2.24) is 10.2 Å². The molecule has 5 aromatic carbocycles.